The highest BCUT2D eigenvalue weighted by Gasteiger charge is 2.21. The molecule has 6 nitrogen and oxygen atoms in total. The lowest BCUT2D eigenvalue weighted by Gasteiger charge is -2.22. The molecule has 0 bridgehead atoms. The van der Waals surface area contributed by atoms with Crippen LogP contribution in [-0.2, 0) is 14.8 Å². The number of anilines is 2. The van der Waals surface area contributed by atoms with Gasteiger partial charge < -0.3 is 5.32 Å². The van der Waals surface area contributed by atoms with E-state index in [0.29, 0.717) is 22.0 Å². The Labute approximate surface area is 151 Å². The average Bonchev–Trinajstić information content (AvgIpc) is 2.55. The Morgan fingerprint density at radius 1 is 1.24 bits per heavy atom. The molecular formula is C17H16ClN3O3S. The van der Waals surface area contributed by atoms with Gasteiger partial charge >= 0.3 is 0 Å². The van der Waals surface area contributed by atoms with Crippen LogP contribution < -0.4 is 9.62 Å². The van der Waals surface area contributed by atoms with Crippen LogP contribution >= 0.6 is 11.6 Å². The monoisotopic (exact) mass is 377 g/mol. The Bertz CT molecular complexity index is 935. The second kappa shape index (κ2) is 7.55. The van der Waals surface area contributed by atoms with Gasteiger partial charge in [0.2, 0.25) is 15.9 Å². The van der Waals surface area contributed by atoms with Crippen molar-refractivity contribution in [1.82, 2.24) is 0 Å². The summed E-state index contributed by atoms with van der Waals surface area (Å²) >= 11 is 6.02. The zero-order chi connectivity index (χ0) is 18.6. The largest absolute Gasteiger partial charge is 0.324 e. The minimum Gasteiger partial charge on any atom is -0.324 e. The summed E-state index contributed by atoms with van der Waals surface area (Å²) in [5, 5.41) is 11.9. The molecule has 0 aliphatic rings. The maximum Gasteiger partial charge on any atom is 0.245 e. The minimum absolute atomic E-state index is 0.304. The van der Waals surface area contributed by atoms with Gasteiger partial charge in [-0.15, -0.1) is 0 Å². The lowest BCUT2D eigenvalue weighted by molar-refractivity contribution is -0.114. The number of halogens is 1. The van der Waals surface area contributed by atoms with Gasteiger partial charge in [0.05, 0.1) is 23.6 Å². The second-order valence-corrected chi connectivity index (χ2v) is 7.75. The van der Waals surface area contributed by atoms with E-state index in [1.807, 2.05) is 13.0 Å². The van der Waals surface area contributed by atoms with Crippen LogP contribution in [0, 0.1) is 18.3 Å². The number of rotatable bonds is 5. The fraction of sp³-hybridized carbons (Fsp3) is 0.176. The van der Waals surface area contributed by atoms with Crippen molar-refractivity contribution in [1.29, 1.82) is 5.26 Å². The predicted octanol–water partition coefficient (Wildman–Crippen LogP) is 2.92. The fourth-order valence-electron chi connectivity index (χ4n) is 2.10. The number of hydrogen-bond donors (Lipinski definition) is 1. The van der Waals surface area contributed by atoms with Gasteiger partial charge in [0.15, 0.2) is 0 Å². The van der Waals surface area contributed by atoms with Crippen LogP contribution in [0.4, 0.5) is 11.4 Å². The van der Waals surface area contributed by atoms with Crippen LogP contribution in [0.15, 0.2) is 42.5 Å². The van der Waals surface area contributed by atoms with E-state index in [4.69, 9.17) is 16.9 Å². The van der Waals surface area contributed by atoms with E-state index in [-0.39, 0.29) is 0 Å². The average molecular weight is 378 g/mol. The SMILES string of the molecule is Cc1ccc(NC(=O)CN(c2ccc(C#N)cc2)S(C)(=O)=O)cc1Cl. The van der Waals surface area contributed by atoms with Gasteiger partial charge in [0.1, 0.15) is 6.54 Å². The molecular weight excluding hydrogens is 362 g/mol. The number of benzene rings is 2. The van der Waals surface area contributed by atoms with E-state index < -0.39 is 22.5 Å². The molecule has 0 heterocycles. The van der Waals surface area contributed by atoms with E-state index in [1.54, 1.807) is 18.2 Å². The van der Waals surface area contributed by atoms with Crippen LogP contribution in [-0.4, -0.2) is 27.1 Å². The smallest absolute Gasteiger partial charge is 0.245 e. The molecule has 2 rings (SSSR count). The van der Waals surface area contributed by atoms with Gasteiger partial charge in [-0.2, -0.15) is 5.26 Å². The normalized spacial score (nSPS) is 10.8. The molecule has 0 aliphatic carbocycles. The summed E-state index contributed by atoms with van der Waals surface area (Å²) in [7, 11) is -3.68. The summed E-state index contributed by atoms with van der Waals surface area (Å²) < 4.78 is 25.0. The third-order valence-electron chi connectivity index (χ3n) is 3.43. The zero-order valence-electron chi connectivity index (χ0n) is 13.7. The molecule has 0 atom stereocenters. The summed E-state index contributed by atoms with van der Waals surface area (Å²) in [4.78, 5) is 12.2. The number of hydrogen-bond acceptors (Lipinski definition) is 4. The molecule has 0 saturated carbocycles. The Kier molecular flexibility index (Phi) is 5.67. The van der Waals surface area contributed by atoms with Gasteiger partial charge in [-0.1, -0.05) is 17.7 Å². The highest BCUT2D eigenvalue weighted by molar-refractivity contribution is 7.92. The second-order valence-electron chi connectivity index (χ2n) is 5.44. The molecule has 2 aromatic rings. The molecule has 130 valence electrons. The molecule has 0 fully saturated rings. The number of nitrogens with zero attached hydrogens (tertiary/aromatic N) is 2. The van der Waals surface area contributed by atoms with Gasteiger partial charge in [0, 0.05) is 10.7 Å². The van der Waals surface area contributed by atoms with Crippen molar-refractivity contribution in [2.45, 2.75) is 6.92 Å². The summed E-state index contributed by atoms with van der Waals surface area (Å²) in [6.45, 7) is 1.44. The van der Waals surface area contributed by atoms with Crippen molar-refractivity contribution in [3.8, 4) is 6.07 Å². The quantitative estimate of drug-likeness (QED) is 0.867. The molecule has 0 radical (unpaired) electrons. The minimum atomic E-state index is -3.68. The summed E-state index contributed by atoms with van der Waals surface area (Å²) in [6.07, 6.45) is 1.02. The van der Waals surface area contributed by atoms with Crippen molar-refractivity contribution < 1.29 is 13.2 Å². The van der Waals surface area contributed by atoms with Crippen molar-refractivity contribution in [3.05, 3.63) is 58.6 Å². The first-order valence-corrected chi connectivity index (χ1v) is 9.47. The van der Waals surface area contributed by atoms with Crippen LogP contribution in [0.25, 0.3) is 0 Å². The summed E-state index contributed by atoms with van der Waals surface area (Å²) in [5.41, 5.74) is 2.05. The van der Waals surface area contributed by atoms with Crippen molar-refractivity contribution in [3.63, 3.8) is 0 Å². The van der Waals surface area contributed by atoms with Gasteiger partial charge in [0.25, 0.3) is 0 Å². The molecule has 1 amide bonds. The number of sulfonamides is 1. The topological polar surface area (TPSA) is 90.3 Å². The van der Waals surface area contributed by atoms with E-state index in [1.165, 1.54) is 24.3 Å². The van der Waals surface area contributed by atoms with E-state index >= 15 is 0 Å². The Balaban J connectivity index is 2.20. The number of carbonyl (C=O) groups excluding carboxylic acids is 1. The van der Waals surface area contributed by atoms with E-state index in [0.717, 1.165) is 16.1 Å². The first kappa shape index (κ1) is 18.8. The van der Waals surface area contributed by atoms with Gasteiger partial charge in [-0.25, -0.2) is 8.42 Å². The van der Waals surface area contributed by atoms with Crippen LogP contribution in [0.2, 0.25) is 5.02 Å². The molecule has 25 heavy (non-hydrogen) atoms. The first-order chi connectivity index (χ1) is 11.7. The number of nitrogens with one attached hydrogen (secondary N) is 1. The molecule has 0 saturated heterocycles. The van der Waals surface area contributed by atoms with Crippen molar-refractivity contribution >= 4 is 38.9 Å². The Morgan fingerprint density at radius 2 is 1.88 bits per heavy atom. The maximum atomic E-state index is 12.2. The number of amides is 1. The molecule has 0 unspecified atom stereocenters. The van der Waals surface area contributed by atoms with Gasteiger partial charge in [-0.05, 0) is 48.9 Å². The Hall–Kier alpha value is -2.56. The highest BCUT2D eigenvalue weighted by Crippen LogP contribution is 2.21. The number of carbonyl (C=O) groups is 1. The summed E-state index contributed by atoms with van der Waals surface area (Å²) in [6, 6.07) is 12.9. The van der Waals surface area contributed by atoms with Crippen LogP contribution in [0.1, 0.15) is 11.1 Å². The van der Waals surface area contributed by atoms with Crippen molar-refractivity contribution in [2.24, 2.45) is 0 Å². The first-order valence-electron chi connectivity index (χ1n) is 7.24. The fourth-order valence-corrected chi connectivity index (χ4v) is 3.14. The third-order valence-corrected chi connectivity index (χ3v) is 4.98. The van der Waals surface area contributed by atoms with E-state index in [2.05, 4.69) is 5.32 Å². The number of nitriles is 1. The molecule has 1 N–H and O–H groups in total. The van der Waals surface area contributed by atoms with Crippen LogP contribution in [0.5, 0.6) is 0 Å². The lowest BCUT2D eigenvalue weighted by atomic mass is 10.2. The standard InChI is InChI=1S/C17H16ClN3O3S/c1-12-3-6-14(9-16(12)18)20-17(22)11-21(25(2,23)24)15-7-4-13(10-19)5-8-15/h3-9H,11H2,1-2H3,(H,20,22). The molecule has 8 heteroatoms. The van der Waals surface area contributed by atoms with Crippen LogP contribution in [0.3, 0.4) is 0 Å². The van der Waals surface area contributed by atoms with Crippen molar-refractivity contribution in [2.75, 3.05) is 22.4 Å². The van der Waals surface area contributed by atoms with Gasteiger partial charge in [-0.3, -0.25) is 9.10 Å². The highest BCUT2D eigenvalue weighted by atomic mass is 35.5. The lowest BCUT2D eigenvalue weighted by Crippen LogP contribution is -2.37. The molecule has 0 aliphatic heterocycles. The number of aryl methyl sites for hydroxylation is 1. The molecule has 0 aromatic heterocycles. The summed E-state index contributed by atoms with van der Waals surface area (Å²) in [5.74, 6) is -0.505. The predicted molar refractivity (Wildman–Crippen MR) is 98.2 cm³/mol. The zero-order valence-corrected chi connectivity index (χ0v) is 15.2. The van der Waals surface area contributed by atoms with E-state index in [9.17, 15) is 13.2 Å². The molecule has 0 spiro atoms. The Morgan fingerprint density at radius 3 is 2.40 bits per heavy atom. The molecule has 2 aromatic carbocycles. The third kappa shape index (κ3) is 4.95. The maximum absolute atomic E-state index is 12.2.